The number of rotatable bonds is 3. The zero-order valence-electron chi connectivity index (χ0n) is 10.8. The Morgan fingerprint density at radius 3 is 2.78 bits per heavy atom. The lowest BCUT2D eigenvalue weighted by Crippen LogP contribution is -2.36. The Labute approximate surface area is 105 Å². The van der Waals surface area contributed by atoms with Crippen LogP contribution in [0.2, 0.25) is 0 Å². The number of hydrogen-bond acceptors (Lipinski definition) is 4. The van der Waals surface area contributed by atoms with Crippen molar-refractivity contribution in [1.29, 1.82) is 0 Å². The molecule has 6 heteroatoms. The van der Waals surface area contributed by atoms with Crippen molar-refractivity contribution in [1.82, 2.24) is 9.55 Å². The molecule has 0 bridgehead atoms. The minimum atomic E-state index is -0.487. The minimum Gasteiger partial charge on any atom is -0.376 e. The van der Waals surface area contributed by atoms with Crippen LogP contribution in [0.5, 0.6) is 0 Å². The van der Waals surface area contributed by atoms with E-state index in [0.29, 0.717) is 0 Å². The Kier molecular flexibility index (Phi) is 3.68. The van der Waals surface area contributed by atoms with Crippen LogP contribution in [0, 0.1) is 5.92 Å². The first-order chi connectivity index (χ1) is 8.58. The van der Waals surface area contributed by atoms with Crippen molar-refractivity contribution >= 4 is 0 Å². The number of aromatic nitrogens is 2. The lowest BCUT2D eigenvalue weighted by atomic mass is 9.98. The van der Waals surface area contributed by atoms with Gasteiger partial charge in [0.05, 0.1) is 6.10 Å². The summed E-state index contributed by atoms with van der Waals surface area (Å²) in [4.78, 5) is 25.0. The minimum absolute atomic E-state index is 0.0544. The highest BCUT2D eigenvalue weighted by molar-refractivity contribution is 4.91. The molecule has 0 spiro atoms. The van der Waals surface area contributed by atoms with Gasteiger partial charge in [-0.1, -0.05) is 13.8 Å². The van der Waals surface area contributed by atoms with Crippen molar-refractivity contribution in [2.24, 2.45) is 5.92 Å². The zero-order valence-corrected chi connectivity index (χ0v) is 10.8. The van der Waals surface area contributed by atoms with E-state index < -0.39 is 17.5 Å². The highest BCUT2D eigenvalue weighted by Crippen LogP contribution is 2.35. The highest BCUT2D eigenvalue weighted by Gasteiger charge is 2.42. The van der Waals surface area contributed by atoms with E-state index in [9.17, 15) is 9.59 Å². The molecule has 1 aromatic rings. The van der Waals surface area contributed by atoms with Crippen LogP contribution < -0.4 is 11.2 Å². The topological polar surface area (TPSA) is 73.3 Å². The maximum atomic E-state index is 11.8. The van der Waals surface area contributed by atoms with Crippen molar-refractivity contribution in [3.63, 3.8) is 0 Å². The smallest absolute Gasteiger partial charge is 0.330 e. The predicted octanol–water partition coefficient (Wildman–Crippen LogP) is 0.495. The first kappa shape index (κ1) is 13.0. The van der Waals surface area contributed by atoms with E-state index in [1.54, 1.807) is 7.11 Å². The van der Waals surface area contributed by atoms with Crippen LogP contribution in [-0.2, 0) is 9.47 Å². The van der Waals surface area contributed by atoms with Gasteiger partial charge in [0.15, 0.2) is 6.23 Å². The number of ether oxygens (including phenoxy) is 2. The molecule has 6 nitrogen and oxygen atoms in total. The summed E-state index contributed by atoms with van der Waals surface area (Å²) in [6, 6.07) is 1.31. The SMILES string of the molecule is CCC1OC(n2ccc(=O)[nH]c2=O)C(OC)C1C. The highest BCUT2D eigenvalue weighted by atomic mass is 16.6. The van der Waals surface area contributed by atoms with Crippen molar-refractivity contribution in [3.05, 3.63) is 33.1 Å². The van der Waals surface area contributed by atoms with E-state index in [1.165, 1.54) is 16.8 Å². The molecule has 2 heterocycles. The quantitative estimate of drug-likeness (QED) is 0.852. The van der Waals surface area contributed by atoms with Gasteiger partial charge >= 0.3 is 5.69 Å². The molecule has 100 valence electrons. The van der Waals surface area contributed by atoms with Gasteiger partial charge in [-0.25, -0.2) is 4.79 Å². The number of methoxy groups -OCH3 is 1. The molecule has 0 amide bonds. The van der Waals surface area contributed by atoms with Crippen LogP contribution >= 0.6 is 0 Å². The lowest BCUT2D eigenvalue weighted by Gasteiger charge is -2.20. The Morgan fingerprint density at radius 1 is 1.50 bits per heavy atom. The number of hydrogen-bond donors (Lipinski definition) is 1. The van der Waals surface area contributed by atoms with Crippen LogP contribution in [0.15, 0.2) is 21.9 Å². The van der Waals surface area contributed by atoms with E-state index in [1.807, 2.05) is 13.8 Å². The Morgan fingerprint density at radius 2 is 2.22 bits per heavy atom. The van der Waals surface area contributed by atoms with Crippen LogP contribution in [0.3, 0.4) is 0 Å². The number of aromatic amines is 1. The van der Waals surface area contributed by atoms with E-state index in [-0.39, 0.29) is 18.1 Å². The average molecular weight is 254 g/mol. The van der Waals surface area contributed by atoms with Gasteiger partial charge in [0.1, 0.15) is 6.10 Å². The molecule has 0 aromatic carbocycles. The zero-order chi connectivity index (χ0) is 13.3. The van der Waals surface area contributed by atoms with Gasteiger partial charge in [-0.2, -0.15) is 0 Å². The van der Waals surface area contributed by atoms with E-state index >= 15 is 0 Å². The maximum absolute atomic E-state index is 11.8. The molecule has 1 aliphatic heterocycles. The summed E-state index contributed by atoms with van der Waals surface area (Å²) >= 11 is 0. The fraction of sp³-hybridized carbons (Fsp3) is 0.667. The van der Waals surface area contributed by atoms with Gasteiger partial charge in [-0.05, 0) is 6.42 Å². The van der Waals surface area contributed by atoms with Gasteiger partial charge in [0.25, 0.3) is 5.56 Å². The monoisotopic (exact) mass is 254 g/mol. The van der Waals surface area contributed by atoms with Crippen molar-refractivity contribution < 1.29 is 9.47 Å². The van der Waals surface area contributed by atoms with Crippen molar-refractivity contribution in [2.45, 2.75) is 38.7 Å². The van der Waals surface area contributed by atoms with Crippen LogP contribution in [0.4, 0.5) is 0 Å². The van der Waals surface area contributed by atoms with Gasteiger partial charge < -0.3 is 9.47 Å². The maximum Gasteiger partial charge on any atom is 0.330 e. The molecule has 4 atom stereocenters. The van der Waals surface area contributed by atoms with Crippen LogP contribution in [-0.4, -0.2) is 28.9 Å². The third kappa shape index (κ3) is 2.13. The molecule has 2 rings (SSSR count). The summed E-state index contributed by atoms with van der Waals surface area (Å²) in [7, 11) is 1.60. The summed E-state index contributed by atoms with van der Waals surface area (Å²) in [5, 5.41) is 0. The summed E-state index contributed by atoms with van der Waals surface area (Å²) < 4.78 is 12.7. The lowest BCUT2D eigenvalue weighted by molar-refractivity contribution is -0.0530. The standard InChI is InChI=1S/C12H18N2O4/c1-4-8-7(2)10(17-3)11(18-8)14-6-5-9(15)13-12(14)16/h5-8,10-11H,4H2,1-3H3,(H,13,15,16). The number of nitrogens with one attached hydrogen (secondary N) is 1. The Balaban J connectivity index is 2.38. The van der Waals surface area contributed by atoms with Gasteiger partial charge in [-0.3, -0.25) is 14.3 Å². The first-order valence-electron chi connectivity index (χ1n) is 6.08. The Hall–Kier alpha value is -1.40. The Bertz CT molecular complexity index is 521. The van der Waals surface area contributed by atoms with Gasteiger partial charge in [0.2, 0.25) is 0 Å². The molecule has 4 unspecified atom stereocenters. The van der Waals surface area contributed by atoms with Crippen molar-refractivity contribution in [3.8, 4) is 0 Å². The fourth-order valence-electron chi connectivity index (χ4n) is 2.50. The first-order valence-corrected chi connectivity index (χ1v) is 6.08. The molecular weight excluding hydrogens is 236 g/mol. The third-order valence-electron chi connectivity index (χ3n) is 3.50. The number of nitrogens with zero attached hydrogens (tertiary/aromatic N) is 1. The average Bonchev–Trinajstić information content (AvgIpc) is 2.65. The molecule has 1 aromatic heterocycles. The molecular formula is C12H18N2O4. The third-order valence-corrected chi connectivity index (χ3v) is 3.50. The largest absolute Gasteiger partial charge is 0.376 e. The number of H-pyrrole nitrogens is 1. The second-order valence-electron chi connectivity index (χ2n) is 4.55. The van der Waals surface area contributed by atoms with Crippen LogP contribution in [0.1, 0.15) is 26.5 Å². The van der Waals surface area contributed by atoms with E-state index in [0.717, 1.165) is 6.42 Å². The molecule has 0 saturated carbocycles. The molecule has 0 radical (unpaired) electrons. The van der Waals surface area contributed by atoms with Crippen molar-refractivity contribution in [2.75, 3.05) is 7.11 Å². The second-order valence-corrected chi connectivity index (χ2v) is 4.55. The van der Waals surface area contributed by atoms with E-state index in [4.69, 9.17) is 9.47 Å². The predicted molar refractivity (Wildman–Crippen MR) is 65.5 cm³/mol. The molecule has 18 heavy (non-hydrogen) atoms. The molecule has 1 saturated heterocycles. The molecule has 1 fully saturated rings. The summed E-state index contributed by atoms with van der Waals surface area (Å²) in [6.45, 7) is 4.07. The molecule has 1 aliphatic rings. The summed E-state index contributed by atoms with van der Waals surface area (Å²) in [5.41, 5.74) is -0.887. The molecule has 1 N–H and O–H groups in total. The van der Waals surface area contributed by atoms with Crippen LogP contribution in [0.25, 0.3) is 0 Å². The normalized spacial score (nSPS) is 31.7. The summed E-state index contributed by atoms with van der Waals surface area (Å²) in [6.07, 6.45) is 1.68. The second kappa shape index (κ2) is 5.07. The molecule has 0 aliphatic carbocycles. The van der Waals surface area contributed by atoms with E-state index in [2.05, 4.69) is 4.98 Å². The summed E-state index contributed by atoms with van der Waals surface area (Å²) in [5.74, 6) is 0.198. The fourth-order valence-corrected chi connectivity index (χ4v) is 2.50. The van der Waals surface area contributed by atoms with Gasteiger partial charge in [-0.15, -0.1) is 0 Å². The van der Waals surface area contributed by atoms with Gasteiger partial charge in [0, 0.05) is 25.3 Å².